The number of sulfone groups is 1. The average molecular weight is 296 g/mol. The van der Waals surface area contributed by atoms with Gasteiger partial charge in [0.2, 0.25) is 0 Å². The molecule has 2 atom stereocenters. The number of aryl methyl sites for hydroxylation is 1. The Kier molecular flexibility index (Phi) is 4.83. The lowest BCUT2D eigenvalue weighted by Crippen LogP contribution is -2.47. The molecule has 5 heteroatoms. The molecule has 0 aromatic heterocycles. The second-order valence-corrected chi connectivity index (χ2v) is 8.03. The van der Waals surface area contributed by atoms with Crippen molar-refractivity contribution in [2.75, 3.05) is 24.6 Å². The maximum atomic E-state index is 11.5. The quantitative estimate of drug-likeness (QED) is 0.914. The van der Waals surface area contributed by atoms with E-state index >= 15 is 0 Å². The molecule has 0 spiro atoms. The van der Waals surface area contributed by atoms with Gasteiger partial charge < -0.3 is 5.73 Å². The second kappa shape index (κ2) is 6.24. The summed E-state index contributed by atoms with van der Waals surface area (Å²) in [7, 11) is -2.83. The van der Waals surface area contributed by atoms with Crippen LogP contribution in [0.1, 0.15) is 30.5 Å². The highest BCUT2D eigenvalue weighted by Gasteiger charge is 2.27. The summed E-state index contributed by atoms with van der Waals surface area (Å²) < 4.78 is 23.1. The Hall–Kier alpha value is -0.910. The molecule has 1 aliphatic heterocycles. The molecule has 2 N–H and O–H groups in total. The van der Waals surface area contributed by atoms with Crippen molar-refractivity contribution in [3.8, 4) is 0 Å². The predicted molar refractivity (Wildman–Crippen MR) is 82.4 cm³/mol. The number of nitrogens with two attached hydrogens (primary N) is 1. The van der Waals surface area contributed by atoms with Crippen LogP contribution in [0, 0.1) is 6.92 Å². The highest BCUT2D eigenvalue weighted by Crippen LogP contribution is 2.18. The van der Waals surface area contributed by atoms with E-state index in [0.29, 0.717) is 6.54 Å². The van der Waals surface area contributed by atoms with Gasteiger partial charge in [0.05, 0.1) is 11.5 Å². The van der Waals surface area contributed by atoms with Crippen LogP contribution in [-0.2, 0) is 9.84 Å². The lowest BCUT2D eigenvalue weighted by molar-refractivity contribution is 0.219. The third-order valence-corrected chi connectivity index (χ3v) is 5.84. The van der Waals surface area contributed by atoms with Gasteiger partial charge in [-0.25, -0.2) is 8.42 Å². The SMILES string of the molecule is Cc1ccc(C(N)CCN2CCS(=O)(=O)CC2C)cc1. The van der Waals surface area contributed by atoms with Crippen LogP contribution in [0.5, 0.6) is 0 Å². The molecular formula is C15H24N2O2S. The summed E-state index contributed by atoms with van der Waals surface area (Å²) in [5.41, 5.74) is 8.59. The van der Waals surface area contributed by atoms with Crippen LogP contribution in [0.15, 0.2) is 24.3 Å². The van der Waals surface area contributed by atoms with Gasteiger partial charge in [0.1, 0.15) is 0 Å². The monoisotopic (exact) mass is 296 g/mol. The van der Waals surface area contributed by atoms with Gasteiger partial charge in [-0.2, -0.15) is 0 Å². The van der Waals surface area contributed by atoms with Crippen molar-refractivity contribution >= 4 is 9.84 Å². The third kappa shape index (κ3) is 4.04. The van der Waals surface area contributed by atoms with Crippen molar-refractivity contribution in [2.24, 2.45) is 5.73 Å². The van der Waals surface area contributed by atoms with Crippen LogP contribution in [0.4, 0.5) is 0 Å². The number of hydrogen-bond donors (Lipinski definition) is 1. The fraction of sp³-hybridized carbons (Fsp3) is 0.600. The summed E-state index contributed by atoms with van der Waals surface area (Å²) in [6.45, 7) is 5.52. The molecule has 0 aliphatic carbocycles. The molecule has 1 aromatic rings. The van der Waals surface area contributed by atoms with Gasteiger partial charge in [-0.3, -0.25) is 4.90 Å². The highest BCUT2D eigenvalue weighted by molar-refractivity contribution is 7.91. The normalized spacial score (nSPS) is 24.4. The lowest BCUT2D eigenvalue weighted by atomic mass is 10.0. The Bertz CT molecular complexity index is 539. The Balaban J connectivity index is 1.87. The molecule has 0 bridgehead atoms. The summed E-state index contributed by atoms with van der Waals surface area (Å²) in [5.74, 6) is 0.546. The molecule has 1 fully saturated rings. The van der Waals surface area contributed by atoms with Gasteiger partial charge in [-0.1, -0.05) is 29.8 Å². The lowest BCUT2D eigenvalue weighted by Gasteiger charge is -2.33. The van der Waals surface area contributed by atoms with E-state index in [-0.39, 0.29) is 23.6 Å². The van der Waals surface area contributed by atoms with Crippen LogP contribution in [0.2, 0.25) is 0 Å². The molecule has 0 radical (unpaired) electrons. The molecule has 1 saturated heterocycles. The van der Waals surface area contributed by atoms with E-state index in [9.17, 15) is 8.42 Å². The van der Waals surface area contributed by atoms with E-state index in [1.54, 1.807) is 0 Å². The second-order valence-electron chi connectivity index (χ2n) is 5.81. The van der Waals surface area contributed by atoms with Crippen LogP contribution in [0.3, 0.4) is 0 Å². The zero-order chi connectivity index (χ0) is 14.8. The summed E-state index contributed by atoms with van der Waals surface area (Å²) in [6.07, 6.45) is 0.855. The third-order valence-electron chi connectivity index (χ3n) is 4.04. The number of hydrogen-bond acceptors (Lipinski definition) is 4. The van der Waals surface area contributed by atoms with E-state index in [1.165, 1.54) is 5.56 Å². The molecule has 2 unspecified atom stereocenters. The molecular weight excluding hydrogens is 272 g/mol. The van der Waals surface area contributed by atoms with Gasteiger partial charge in [-0.15, -0.1) is 0 Å². The van der Waals surface area contributed by atoms with Crippen LogP contribution in [0.25, 0.3) is 0 Å². The fourth-order valence-corrected chi connectivity index (χ4v) is 4.28. The van der Waals surface area contributed by atoms with E-state index < -0.39 is 9.84 Å². The topological polar surface area (TPSA) is 63.4 Å². The first-order valence-electron chi connectivity index (χ1n) is 7.14. The minimum Gasteiger partial charge on any atom is -0.324 e. The first-order chi connectivity index (χ1) is 9.37. The van der Waals surface area contributed by atoms with Crippen molar-refractivity contribution in [3.05, 3.63) is 35.4 Å². The van der Waals surface area contributed by atoms with Gasteiger partial charge in [0.15, 0.2) is 9.84 Å². The predicted octanol–water partition coefficient (Wildman–Crippen LogP) is 1.50. The maximum Gasteiger partial charge on any atom is 0.153 e. The zero-order valence-electron chi connectivity index (χ0n) is 12.2. The smallest absolute Gasteiger partial charge is 0.153 e. The van der Waals surface area contributed by atoms with E-state index in [4.69, 9.17) is 5.73 Å². The molecule has 1 aliphatic rings. The molecule has 2 rings (SSSR count). The summed E-state index contributed by atoms with van der Waals surface area (Å²) in [4.78, 5) is 2.23. The highest BCUT2D eigenvalue weighted by atomic mass is 32.2. The molecule has 0 amide bonds. The number of rotatable bonds is 4. The Morgan fingerprint density at radius 2 is 2.00 bits per heavy atom. The van der Waals surface area contributed by atoms with Crippen molar-refractivity contribution in [3.63, 3.8) is 0 Å². The van der Waals surface area contributed by atoms with E-state index in [2.05, 4.69) is 36.1 Å². The minimum absolute atomic E-state index is 0.0151. The van der Waals surface area contributed by atoms with Gasteiger partial charge in [0.25, 0.3) is 0 Å². The first kappa shape index (κ1) is 15.5. The zero-order valence-corrected chi connectivity index (χ0v) is 13.1. The Morgan fingerprint density at radius 1 is 1.35 bits per heavy atom. The Morgan fingerprint density at radius 3 is 2.60 bits per heavy atom. The first-order valence-corrected chi connectivity index (χ1v) is 8.96. The summed E-state index contributed by atoms with van der Waals surface area (Å²) >= 11 is 0. The van der Waals surface area contributed by atoms with Crippen LogP contribution >= 0.6 is 0 Å². The minimum atomic E-state index is -2.83. The van der Waals surface area contributed by atoms with Gasteiger partial charge in [0, 0.05) is 25.2 Å². The van der Waals surface area contributed by atoms with E-state index in [1.807, 2.05) is 6.92 Å². The van der Waals surface area contributed by atoms with Crippen molar-refractivity contribution in [1.82, 2.24) is 4.90 Å². The van der Waals surface area contributed by atoms with Gasteiger partial charge >= 0.3 is 0 Å². The van der Waals surface area contributed by atoms with Crippen molar-refractivity contribution in [1.29, 1.82) is 0 Å². The summed E-state index contributed by atoms with van der Waals surface area (Å²) in [6, 6.07) is 8.41. The van der Waals surface area contributed by atoms with Crippen molar-refractivity contribution in [2.45, 2.75) is 32.4 Å². The molecule has 1 aromatic carbocycles. The molecule has 112 valence electrons. The molecule has 1 heterocycles. The molecule has 20 heavy (non-hydrogen) atoms. The maximum absolute atomic E-state index is 11.5. The van der Waals surface area contributed by atoms with Crippen LogP contribution < -0.4 is 5.73 Å². The van der Waals surface area contributed by atoms with Crippen LogP contribution in [-0.4, -0.2) is 44.0 Å². The molecule has 4 nitrogen and oxygen atoms in total. The number of benzene rings is 1. The standard InChI is InChI=1S/C15H24N2O2S/c1-12-3-5-14(6-4-12)15(16)7-8-17-9-10-20(18,19)11-13(17)2/h3-6,13,15H,7-11,16H2,1-2H3. The summed E-state index contributed by atoms with van der Waals surface area (Å²) in [5, 5.41) is 0. The number of nitrogens with zero attached hydrogens (tertiary/aromatic N) is 1. The van der Waals surface area contributed by atoms with Crippen molar-refractivity contribution < 1.29 is 8.42 Å². The molecule has 0 saturated carbocycles. The fourth-order valence-electron chi connectivity index (χ4n) is 2.65. The average Bonchev–Trinajstić information content (AvgIpc) is 2.37. The largest absolute Gasteiger partial charge is 0.324 e. The van der Waals surface area contributed by atoms with E-state index in [0.717, 1.165) is 18.5 Å². The van der Waals surface area contributed by atoms with Gasteiger partial charge in [-0.05, 0) is 25.8 Å². The Labute approximate surface area is 121 Å².